The Morgan fingerprint density at radius 1 is 1.44 bits per heavy atom. The molecule has 2 aliphatic heterocycles. The number of allylic oxidation sites excluding steroid dienone is 1. The number of aliphatic imine (C=N–C) groups is 1. The number of thiazole rings is 1. The smallest absolute Gasteiger partial charge is 0.165 e. The Hall–Kier alpha value is -1.99. The summed E-state index contributed by atoms with van der Waals surface area (Å²) in [5.74, 6) is 0.480. The minimum Gasteiger partial charge on any atom is -0.508 e. The molecule has 0 spiro atoms. The minimum absolute atomic E-state index is 0.00469. The van der Waals surface area contributed by atoms with Crippen molar-refractivity contribution in [3.63, 3.8) is 0 Å². The molecule has 1 N–H and O–H groups in total. The molecule has 4 nitrogen and oxygen atoms in total. The van der Waals surface area contributed by atoms with Crippen LogP contribution < -0.4 is 0 Å². The SMILES string of the molecule is C=C(O)C1=C2CCCN2C(c2nccs2)=NC1c1ccc(F)cc1Br. The molecule has 1 atom stereocenters. The number of hydrogen-bond acceptors (Lipinski definition) is 5. The fourth-order valence-electron chi connectivity index (χ4n) is 3.38. The van der Waals surface area contributed by atoms with Crippen LogP contribution in [0.4, 0.5) is 4.39 Å². The molecule has 128 valence electrons. The maximum atomic E-state index is 13.5. The Labute approximate surface area is 157 Å². The molecule has 4 rings (SSSR count). The van der Waals surface area contributed by atoms with E-state index >= 15 is 0 Å². The lowest BCUT2D eigenvalue weighted by Crippen LogP contribution is -2.33. The fourth-order valence-corrected chi connectivity index (χ4v) is 4.59. The molecule has 1 unspecified atom stereocenters. The first-order chi connectivity index (χ1) is 12.1. The van der Waals surface area contributed by atoms with E-state index in [0.717, 1.165) is 41.5 Å². The van der Waals surface area contributed by atoms with Crippen LogP contribution in [0.2, 0.25) is 0 Å². The van der Waals surface area contributed by atoms with E-state index < -0.39 is 6.04 Å². The molecular formula is C18H15BrFN3OS. The van der Waals surface area contributed by atoms with Gasteiger partial charge in [0, 0.05) is 33.9 Å². The Morgan fingerprint density at radius 3 is 2.96 bits per heavy atom. The summed E-state index contributed by atoms with van der Waals surface area (Å²) < 4.78 is 14.1. The number of fused-ring (bicyclic) bond motifs is 1. The average Bonchev–Trinajstić information content (AvgIpc) is 3.25. The van der Waals surface area contributed by atoms with Gasteiger partial charge in [-0.2, -0.15) is 0 Å². The second-order valence-electron chi connectivity index (χ2n) is 5.92. The molecule has 1 aromatic carbocycles. The van der Waals surface area contributed by atoms with E-state index in [1.807, 2.05) is 5.38 Å². The molecule has 2 aliphatic rings. The number of benzene rings is 1. The average molecular weight is 420 g/mol. The normalized spacial score (nSPS) is 19.8. The van der Waals surface area contributed by atoms with Gasteiger partial charge < -0.3 is 10.0 Å². The molecule has 0 radical (unpaired) electrons. The summed E-state index contributed by atoms with van der Waals surface area (Å²) in [5.41, 5.74) is 2.51. The van der Waals surface area contributed by atoms with Gasteiger partial charge in [-0.1, -0.05) is 28.6 Å². The molecule has 7 heteroatoms. The number of nitrogens with zero attached hydrogens (tertiary/aromatic N) is 3. The van der Waals surface area contributed by atoms with E-state index in [1.54, 1.807) is 12.3 Å². The summed E-state index contributed by atoms with van der Waals surface area (Å²) in [6.45, 7) is 4.58. The van der Waals surface area contributed by atoms with E-state index in [1.165, 1.54) is 23.5 Å². The highest BCUT2D eigenvalue weighted by Crippen LogP contribution is 2.43. The third kappa shape index (κ3) is 2.81. The fraction of sp³-hybridized carbons (Fsp3) is 0.222. The summed E-state index contributed by atoms with van der Waals surface area (Å²) in [4.78, 5) is 11.4. The summed E-state index contributed by atoms with van der Waals surface area (Å²) >= 11 is 4.96. The number of amidine groups is 1. The number of rotatable bonds is 3. The summed E-state index contributed by atoms with van der Waals surface area (Å²) in [5, 5.41) is 13.0. The number of aliphatic hydroxyl groups is 1. The van der Waals surface area contributed by atoms with E-state index in [-0.39, 0.29) is 11.6 Å². The van der Waals surface area contributed by atoms with Gasteiger partial charge in [0.2, 0.25) is 0 Å². The quantitative estimate of drug-likeness (QED) is 0.714. The van der Waals surface area contributed by atoms with Crippen LogP contribution in [0.3, 0.4) is 0 Å². The van der Waals surface area contributed by atoms with Gasteiger partial charge in [-0.25, -0.2) is 9.37 Å². The van der Waals surface area contributed by atoms with Gasteiger partial charge in [0.1, 0.15) is 17.6 Å². The van der Waals surface area contributed by atoms with Gasteiger partial charge in [0.15, 0.2) is 10.8 Å². The zero-order chi connectivity index (χ0) is 17.6. The Morgan fingerprint density at radius 2 is 2.28 bits per heavy atom. The van der Waals surface area contributed by atoms with E-state index in [0.29, 0.717) is 10.0 Å². The number of halogens is 2. The number of hydrogen-bond donors (Lipinski definition) is 1. The van der Waals surface area contributed by atoms with Crippen LogP contribution in [0.5, 0.6) is 0 Å². The predicted molar refractivity (Wildman–Crippen MR) is 100 cm³/mol. The number of aliphatic hydroxyl groups excluding tert-OH is 1. The van der Waals surface area contributed by atoms with Crippen molar-refractivity contribution < 1.29 is 9.50 Å². The van der Waals surface area contributed by atoms with Crippen molar-refractivity contribution in [3.8, 4) is 0 Å². The summed E-state index contributed by atoms with van der Waals surface area (Å²) in [6.07, 6.45) is 3.58. The molecule has 3 heterocycles. The maximum Gasteiger partial charge on any atom is 0.165 e. The van der Waals surface area contributed by atoms with Gasteiger partial charge >= 0.3 is 0 Å². The van der Waals surface area contributed by atoms with Crippen LogP contribution in [0.1, 0.15) is 29.5 Å². The second kappa shape index (κ2) is 6.38. The molecule has 0 saturated carbocycles. The third-order valence-electron chi connectivity index (χ3n) is 4.40. The molecule has 1 aromatic heterocycles. The lowest BCUT2D eigenvalue weighted by molar-refractivity contribution is 0.406. The van der Waals surface area contributed by atoms with Gasteiger partial charge in [-0.15, -0.1) is 11.3 Å². The monoisotopic (exact) mass is 419 g/mol. The molecule has 1 saturated heterocycles. The highest BCUT2D eigenvalue weighted by Gasteiger charge is 2.37. The standard InChI is InChI=1S/C18H15BrFN3OS/c1-10(24)15-14-3-2-7-23(14)17(18-21-6-8-25-18)22-16(15)12-5-4-11(20)9-13(12)19/h4-6,8-9,16,24H,1-3,7H2. The molecule has 0 bridgehead atoms. The maximum absolute atomic E-state index is 13.5. The van der Waals surface area contributed by atoms with Crippen LogP contribution in [-0.2, 0) is 0 Å². The lowest BCUT2D eigenvalue weighted by Gasteiger charge is -2.32. The van der Waals surface area contributed by atoms with E-state index in [2.05, 4.69) is 32.4 Å². The van der Waals surface area contributed by atoms with Gasteiger partial charge in [0.25, 0.3) is 0 Å². The van der Waals surface area contributed by atoms with Crippen molar-refractivity contribution in [3.05, 3.63) is 74.2 Å². The van der Waals surface area contributed by atoms with Crippen LogP contribution >= 0.6 is 27.3 Å². The number of aromatic nitrogens is 1. The first kappa shape index (κ1) is 16.5. The first-order valence-corrected chi connectivity index (χ1v) is 9.55. The van der Waals surface area contributed by atoms with Crippen molar-refractivity contribution in [2.75, 3.05) is 6.54 Å². The van der Waals surface area contributed by atoms with Crippen molar-refractivity contribution in [2.24, 2.45) is 4.99 Å². The van der Waals surface area contributed by atoms with Gasteiger partial charge in [-0.05, 0) is 30.5 Å². The van der Waals surface area contributed by atoms with E-state index in [9.17, 15) is 9.50 Å². The van der Waals surface area contributed by atoms with Gasteiger partial charge in [0.05, 0.1) is 0 Å². The first-order valence-electron chi connectivity index (χ1n) is 7.87. The third-order valence-corrected chi connectivity index (χ3v) is 5.86. The molecule has 2 aromatic rings. The van der Waals surface area contributed by atoms with Crippen molar-refractivity contribution in [1.82, 2.24) is 9.88 Å². The molecule has 0 amide bonds. The second-order valence-corrected chi connectivity index (χ2v) is 7.67. The zero-order valence-corrected chi connectivity index (χ0v) is 15.6. The molecule has 1 fully saturated rings. The zero-order valence-electron chi connectivity index (χ0n) is 13.2. The van der Waals surface area contributed by atoms with Crippen molar-refractivity contribution in [1.29, 1.82) is 0 Å². The Balaban J connectivity index is 1.92. The van der Waals surface area contributed by atoms with Crippen LogP contribution in [0, 0.1) is 5.82 Å². The van der Waals surface area contributed by atoms with Crippen LogP contribution in [0.25, 0.3) is 0 Å². The predicted octanol–water partition coefficient (Wildman–Crippen LogP) is 4.97. The lowest BCUT2D eigenvalue weighted by atomic mass is 9.93. The molecule has 0 aliphatic carbocycles. The van der Waals surface area contributed by atoms with Crippen molar-refractivity contribution >= 4 is 33.1 Å². The molecule has 25 heavy (non-hydrogen) atoms. The minimum atomic E-state index is -0.448. The van der Waals surface area contributed by atoms with Crippen molar-refractivity contribution in [2.45, 2.75) is 18.9 Å². The highest BCUT2D eigenvalue weighted by atomic mass is 79.9. The topological polar surface area (TPSA) is 48.7 Å². The van der Waals surface area contributed by atoms with Crippen LogP contribution in [0.15, 0.2) is 62.8 Å². The summed E-state index contributed by atoms with van der Waals surface area (Å²) in [7, 11) is 0. The summed E-state index contributed by atoms with van der Waals surface area (Å²) in [6, 6.07) is 4.07. The largest absolute Gasteiger partial charge is 0.508 e. The molecular weight excluding hydrogens is 405 g/mol. The van der Waals surface area contributed by atoms with Crippen LogP contribution in [-0.4, -0.2) is 27.4 Å². The van der Waals surface area contributed by atoms with E-state index in [4.69, 9.17) is 4.99 Å². The highest BCUT2D eigenvalue weighted by molar-refractivity contribution is 9.10. The van der Waals surface area contributed by atoms with Gasteiger partial charge in [-0.3, -0.25) is 4.99 Å². The Bertz CT molecular complexity index is 907. The Kier molecular flexibility index (Phi) is 4.21.